The predicted octanol–water partition coefficient (Wildman–Crippen LogP) is 4.70. The summed E-state index contributed by atoms with van der Waals surface area (Å²) in [4.78, 5) is 11.4. The maximum atomic E-state index is 11.4. The van der Waals surface area contributed by atoms with E-state index in [1.54, 1.807) is 6.92 Å². The van der Waals surface area contributed by atoms with Crippen molar-refractivity contribution in [1.82, 2.24) is 0 Å². The van der Waals surface area contributed by atoms with Crippen molar-refractivity contribution in [3.63, 3.8) is 0 Å². The largest absolute Gasteiger partial charge is 0.463 e. The van der Waals surface area contributed by atoms with E-state index in [0.717, 1.165) is 56.1 Å². The molecule has 27 heavy (non-hydrogen) atoms. The lowest BCUT2D eigenvalue weighted by Gasteiger charge is -2.61. The van der Waals surface area contributed by atoms with E-state index in [2.05, 4.69) is 13.8 Å². The standard InChI is InChI=1S/C23H36O4/c1-15(24)27-17-6-9-21(2)16(14-17)4-5-18-19(21)7-10-22(3)20(18)8-11-23(22)25-12-13-26-23/h16-20H,4-14H2,1-3H3/t16-,17-,18-,19+,20+,21+,22+/m1/s1. The number of esters is 1. The van der Waals surface area contributed by atoms with E-state index in [0.29, 0.717) is 5.41 Å². The van der Waals surface area contributed by atoms with Gasteiger partial charge in [0.15, 0.2) is 5.79 Å². The second-order valence-corrected chi connectivity index (χ2v) is 10.6. The minimum Gasteiger partial charge on any atom is -0.463 e. The molecule has 5 fully saturated rings. The predicted molar refractivity (Wildman–Crippen MR) is 102 cm³/mol. The molecule has 0 unspecified atom stereocenters. The maximum absolute atomic E-state index is 11.4. The molecule has 152 valence electrons. The third kappa shape index (κ3) is 2.51. The van der Waals surface area contributed by atoms with Gasteiger partial charge in [-0.25, -0.2) is 0 Å². The van der Waals surface area contributed by atoms with Crippen LogP contribution in [-0.4, -0.2) is 31.1 Å². The molecular weight excluding hydrogens is 340 g/mol. The first kappa shape index (κ1) is 18.4. The highest BCUT2D eigenvalue weighted by Crippen LogP contribution is 2.69. The zero-order valence-electron chi connectivity index (χ0n) is 17.3. The molecule has 1 heterocycles. The van der Waals surface area contributed by atoms with Gasteiger partial charge in [0, 0.05) is 18.8 Å². The molecule has 7 atom stereocenters. The summed E-state index contributed by atoms with van der Waals surface area (Å²) in [5.41, 5.74) is 0.622. The third-order valence-electron chi connectivity index (χ3n) is 9.75. The molecule has 0 N–H and O–H groups in total. The third-order valence-corrected chi connectivity index (χ3v) is 9.75. The van der Waals surface area contributed by atoms with E-state index in [1.165, 1.54) is 38.5 Å². The normalized spacial score (nSPS) is 50.7. The molecule has 0 aromatic heterocycles. The van der Waals surface area contributed by atoms with Crippen LogP contribution in [0.3, 0.4) is 0 Å². The van der Waals surface area contributed by atoms with Crippen LogP contribution in [0.4, 0.5) is 0 Å². The van der Waals surface area contributed by atoms with Gasteiger partial charge in [0.05, 0.1) is 13.2 Å². The number of carbonyl (C=O) groups excluding carboxylic acids is 1. The van der Waals surface area contributed by atoms with Crippen molar-refractivity contribution in [2.24, 2.45) is 34.5 Å². The summed E-state index contributed by atoms with van der Waals surface area (Å²) in [6.07, 6.45) is 11.1. The monoisotopic (exact) mass is 376 g/mol. The SMILES string of the molecule is CC(=O)O[C@@H]1CC[C@@]2(C)[C@H](CC[C@@H]3[C@@H]2CC[C@@]2(C)[C@H]3CCC23OCCO3)C1. The van der Waals surface area contributed by atoms with Crippen molar-refractivity contribution >= 4 is 5.97 Å². The second kappa shape index (κ2) is 6.19. The van der Waals surface area contributed by atoms with Crippen molar-refractivity contribution in [3.8, 4) is 0 Å². The summed E-state index contributed by atoms with van der Waals surface area (Å²) >= 11 is 0. The Morgan fingerprint density at radius 3 is 2.41 bits per heavy atom. The molecule has 0 aromatic carbocycles. The van der Waals surface area contributed by atoms with Gasteiger partial charge in [0.25, 0.3) is 0 Å². The first-order valence-electron chi connectivity index (χ1n) is 11.3. The molecule has 5 aliphatic rings. The van der Waals surface area contributed by atoms with Gasteiger partial charge in [-0.15, -0.1) is 0 Å². The molecule has 1 saturated heterocycles. The van der Waals surface area contributed by atoms with Gasteiger partial charge in [-0.1, -0.05) is 13.8 Å². The molecule has 4 saturated carbocycles. The lowest BCUT2D eigenvalue weighted by molar-refractivity contribution is -0.248. The summed E-state index contributed by atoms with van der Waals surface area (Å²) in [5, 5.41) is 0. The fourth-order valence-corrected chi connectivity index (χ4v) is 8.45. The maximum Gasteiger partial charge on any atom is 0.302 e. The van der Waals surface area contributed by atoms with Crippen LogP contribution in [0, 0.1) is 34.5 Å². The lowest BCUT2D eigenvalue weighted by atomic mass is 9.45. The van der Waals surface area contributed by atoms with Crippen molar-refractivity contribution in [2.45, 2.75) is 90.4 Å². The molecule has 1 aliphatic heterocycles. The molecular formula is C23H36O4. The van der Waals surface area contributed by atoms with Crippen LogP contribution in [0.15, 0.2) is 0 Å². The second-order valence-electron chi connectivity index (χ2n) is 10.6. The van der Waals surface area contributed by atoms with Crippen molar-refractivity contribution in [2.75, 3.05) is 13.2 Å². The highest BCUT2D eigenvalue weighted by atomic mass is 16.7. The highest BCUT2D eigenvalue weighted by molar-refractivity contribution is 5.66. The fraction of sp³-hybridized carbons (Fsp3) is 0.957. The zero-order chi connectivity index (χ0) is 18.9. The van der Waals surface area contributed by atoms with Crippen LogP contribution < -0.4 is 0 Å². The van der Waals surface area contributed by atoms with E-state index in [9.17, 15) is 4.79 Å². The van der Waals surface area contributed by atoms with Gasteiger partial charge in [0.2, 0.25) is 0 Å². The van der Waals surface area contributed by atoms with E-state index < -0.39 is 0 Å². The lowest BCUT2D eigenvalue weighted by Crippen LogP contribution is -2.57. The Bertz CT molecular complexity index is 611. The van der Waals surface area contributed by atoms with Gasteiger partial charge in [-0.3, -0.25) is 4.79 Å². The summed E-state index contributed by atoms with van der Waals surface area (Å²) in [7, 11) is 0. The first-order chi connectivity index (χ1) is 12.9. The number of fused-ring (bicyclic) bond motifs is 6. The average molecular weight is 377 g/mol. The number of rotatable bonds is 1. The Morgan fingerprint density at radius 2 is 1.67 bits per heavy atom. The van der Waals surface area contributed by atoms with E-state index in [-0.39, 0.29) is 23.3 Å². The van der Waals surface area contributed by atoms with Crippen LogP contribution in [-0.2, 0) is 19.0 Å². The molecule has 4 heteroatoms. The van der Waals surface area contributed by atoms with Gasteiger partial charge >= 0.3 is 5.97 Å². The van der Waals surface area contributed by atoms with Crippen molar-refractivity contribution < 1.29 is 19.0 Å². The molecule has 5 rings (SSSR count). The Hall–Kier alpha value is -0.610. The van der Waals surface area contributed by atoms with Crippen LogP contribution in [0.25, 0.3) is 0 Å². The molecule has 0 radical (unpaired) electrons. The quantitative estimate of drug-likeness (QED) is 0.622. The van der Waals surface area contributed by atoms with Crippen LogP contribution in [0.5, 0.6) is 0 Å². The Balaban J connectivity index is 1.37. The molecule has 0 bridgehead atoms. The highest BCUT2D eigenvalue weighted by Gasteiger charge is 2.67. The van der Waals surface area contributed by atoms with E-state index in [4.69, 9.17) is 14.2 Å². The molecule has 4 aliphatic carbocycles. The van der Waals surface area contributed by atoms with Crippen molar-refractivity contribution in [3.05, 3.63) is 0 Å². The average Bonchev–Trinajstić information content (AvgIpc) is 3.21. The molecule has 0 amide bonds. The number of hydrogen-bond donors (Lipinski definition) is 0. The Kier molecular flexibility index (Phi) is 4.22. The molecule has 0 aromatic rings. The zero-order valence-corrected chi connectivity index (χ0v) is 17.3. The summed E-state index contributed by atoms with van der Waals surface area (Å²) in [5.74, 6) is 2.71. The van der Waals surface area contributed by atoms with Gasteiger partial charge in [0.1, 0.15) is 6.10 Å². The van der Waals surface area contributed by atoms with Crippen LogP contribution in [0.1, 0.15) is 78.6 Å². The Morgan fingerprint density at radius 1 is 0.926 bits per heavy atom. The number of ether oxygens (including phenoxy) is 3. The molecule has 4 nitrogen and oxygen atoms in total. The van der Waals surface area contributed by atoms with E-state index in [1.807, 2.05) is 0 Å². The molecule has 1 spiro atoms. The summed E-state index contributed by atoms with van der Waals surface area (Å²) in [6.45, 7) is 8.13. The fourth-order valence-electron chi connectivity index (χ4n) is 8.45. The van der Waals surface area contributed by atoms with Gasteiger partial charge in [-0.05, 0) is 80.5 Å². The number of carbonyl (C=O) groups is 1. The summed E-state index contributed by atoms with van der Waals surface area (Å²) < 4.78 is 18.1. The topological polar surface area (TPSA) is 44.8 Å². The minimum absolute atomic E-state index is 0.112. The number of hydrogen-bond acceptors (Lipinski definition) is 4. The van der Waals surface area contributed by atoms with Gasteiger partial charge < -0.3 is 14.2 Å². The van der Waals surface area contributed by atoms with E-state index >= 15 is 0 Å². The van der Waals surface area contributed by atoms with Gasteiger partial charge in [-0.2, -0.15) is 0 Å². The smallest absolute Gasteiger partial charge is 0.302 e. The van der Waals surface area contributed by atoms with Crippen LogP contribution in [0.2, 0.25) is 0 Å². The van der Waals surface area contributed by atoms with Crippen molar-refractivity contribution in [1.29, 1.82) is 0 Å². The minimum atomic E-state index is -0.284. The van der Waals surface area contributed by atoms with Crippen LogP contribution >= 0.6 is 0 Å². The Labute approximate surface area is 163 Å². The summed E-state index contributed by atoms with van der Waals surface area (Å²) in [6, 6.07) is 0. The first-order valence-corrected chi connectivity index (χ1v) is 11.3.